The van der Waals surface area contributed by atoms with Crippen LogP contribution in [-0.2, 0) is 11.3 Å². The molecule has 0 amide bonds. The lowest BCUT2D eigenvalue weighted by Gasteiger charge is -2.36. The number of hydrogen-bond acceptors (Lipinski definition) is 5. The minimum Gasteiger partial charge on any atom is -0.493 e. The third-order valence-corrected chi connectivity index (χ3v) is 6.82. The number of fused-ring (bicyclic) bond motifs is 5. The minimum atomic E-state index is -0.882. The van der Waals surface area contributed by atoms with E-state index in [9.17, 15) is 9.59 Å². The van der Waals surface area contributed by atoms with E-state index in [-0.39, 0.29) is 23.8 Å². The van der Waals surface area contributed by atoms with Gasteiger partial charge in [-0.15, -0.1) is 11.8 Å². The van der Waals surface area contributed by atoms with E-state index in [0.717, 1.165) is 27.0 Å². The van der Waals surface area contributed by atoms with Crippen molar-refractivity contribution in [2.75, 3.05) is 12.4 Å². The Hall–Kier alpha value is -1.73. The Morgan fingerprint density at radius 1 is 1.39 bits per heavy atom. The van der Waals surface area contributed by atoms with Crippen LogP contribution in [0.2, 0.25) is 0 Å². The fourth-order valence-electron chi connectivity index (χ4n) is 3.26. The summed E-state index contributed by atoms with van der Waals surface area (Å²) >= 11 is 2.90. The number of carbonyl (C=O) groups is 1. The lowest BCUT2D eigenvalue weighted by atomic mass is 9.84. The van der Waals surface area contributed by atoms with Gasteiger partial charge in [-0.05, 0) is 6.07 Å². The molecule has 7 heteroatoms. The van der Waals surface area contributed by atoms with Gasteiger partial charge in [-0.2, -0.15) is 0 Å². The van der Waals surface area contributed by atoms with Gasteiger partial charge in [0.2, 0.25) is 0 Å². The van der Waals surface area contributed by atoms with Crippen LogP contribution in [0, 0.1) is 5.92 Å². The van der Waals surface area contributed by atoms with Crippen LogP contribution < -0.4 is 9.61 Å². The van der Waals surface area contributed by atoms with E-state index in [2.05, 4.69) is 6.07 Å². The van der Waals surface area contributed by atoms with Crippen LogP contribution in [0.25, 0.3) is 0 Å². The number of hydrogen-bond donors (Lipinski definition) is 1. The molecule has 0 bridgehead atoms. The van der Waals surface area contributed by atoms with Crippen molar-refractivity contribution in [3.05, 3.63) is 44.4 Å². The summed E-state index contributed by atoms with van der Waals surface area (Å²) in [6, 6.07) is 7.99. The Morgan fingerprint density at radius 3 is 3.04 bits per heavy atom. The number of thiazole rings is 1. The third-order valence-electron chi connectivity index (χ3n) is 4.32. The van der Waals surface area contributed by atoms with Crippen molar-refractivity contribution >= 4 is 29.1 Å². The van der Waals surface area contributed by atoms with Gasteiger partial charge in [0.05, 0.1) is 18.1 Å². The molecule has 0 saturated heterocycles. The standard InChI is InChI=1S/C16H15NO4S2/c18-12(19)5-6-17-15-14(23-16(17)20)13-9(8-22-15)7-21-11-4-2-1-3-10(11)13/h1-4,9,13H,5-8H2,(H,18,19)/t9-,13+/m0/s1. The number of rotatable bonds is 3. The first kappa shape index (κ1) is 14.8. The number of para-hydroxylation sites is 1. The summed E-state index contributed by atoms with van der Waals surface area (Å²) < 4.78 is 7.48. The molecule has 0 spiro atoms. The Bertz CT molecular complexity index is 826. The summed E-state index contributed by atoms with van der Waals surface area (Å²) in [5.74, 6) is 1.43. The first-order valence-corrected chi connectivity index (χ1v) is 9.25. The molecule has 0 saturated carbocycles. The zero-order valence-electron chi connectivity index (χ0n) is 12.2. The molecule has 23 heavy (non-hydrogen) atoms. The average molecular weight is 349 g/mol. The molecule has 2 aliphatic rings. The molecule has 1 aromatic carbocycles. The maximum Gasteiger partial charge on any atom is 0.308 e. The number of benzene rings is 1. The molecule has 0 radical (unpaired) electrons. The average Bonchev–Trinajstić information content (AvgIpc) is 2.87. The van der Waals surface area contributed by atoms with Crippen molar-refractivity contribution in [2.24, 2.45) is 5.92 Å². The van der Waals surface area contributed by atoms with Gasteiger partial charge >= 0.3 is 10.8 Å². The van der Waals surface area contributed by atoms with E-state index in [1.165, 1.54) is 11.3 Å². The highest BCUT2D eigenvalue weighted by molar-refractivity contribution is 7.99. The van der Waals surface area contributed by atoms with Gasteiger partial charge in [0, 0.05) is 34.6 Å². The summed E-state index contributed by atoms with van der Waals surface area (Å²) in [5.41, 5.74) is 1.14. The fraction of sp³-hybridized carbons (Fsp3) is 0.375. The zero-order valence-corrected chi connectivity index (χ0v) is 13.9. The van der Waals surface area contributed by atoms with Crippen LogP contribution >= 0.6 is 23.1 Å². The Kier molecular flexibility index (Phi) is 3.69. The molecule has 0 aliphatic carbocycles. The number of carboxylic acids is 1. The van der Waals surface area contributed by atoms with Crippen LogP contribution in [0.15, 0.2) is 34.1 Å². The second-order valence-corrected chi connectivity index (χ2v) is 7.73. The van der Waals surface area contributed by atoms with Gasteiger partial charge in [-0.1, -0.05) is 29.5 Å². The molecule has 1 aromatic heterocycles. The monoisotopic (exact) mass is 349 g/mol. The van der Waals surface area contributed by atoms with E-state index in [1.807, 2.05) is 18.2 Å². The predicted molar refractivity (Wildman–Crippen MR) is 88.8 cm³/mol. The van der Waals surface area contributed by atoms with Crippen molar-refractivity contribution in [1.82, 2.24) is 4.57 Å². The van der Waals surface area contributed by atoms with Crippen LogP contribution in [-0.4, -0.2) is 28.0 Å². The van der Waals surface area contributed by atoms with Gasteiger partial charge < -0.3 is 9.84 Å². The molecule has 2 atom stereocenters. The number of ether oxygens (including phenoxy) is 1. The molecule has 2 aliphatic heterocycles. The number of aliphatic carboxylic acids is 1. The van der Waals surface area contributed by atoms with E-state index >= 15 is 0 Å². The van der Waals surface area contributed by atoms with Crippen molar-refractivity contribution < 1.29 is 14.6 Å². The summed E-state index contributed by atoms with van der Waals surface area (Å²) in [5, 5.41) is 9.83. The fourth-order valence-corrected chi connectivity index (χ4v) is 6.00. The number of nitrogens with zero attached hydrogens (tertiary/aromatic N) is 1. The lowest BCUT2D eigenvalue weighted by molar-refractivity contribution is -0.137. The first-order chi connectivity index (χ1) is 11.1. The van der Waals surface area contributed by atoms with Gasteiger partial charge in [-0.3, -0.25) is 14.2 Å². The SMILES string of the molecule is O=C(O)CCn1c2c(sc1=O)[C@H]1c3ccccc3OC[C@H]1CS2. The largest absolute Gasteiger partial charge is 0.493 e. The highest BCUT2D eigenvalue weighted by atomic mass is 32.2. The molecular formula is C16H15NO4S2. The first-order valence-electron chi connectivity index (χ1n) is 7.45. The second kappa shape index (κ2) is 5.72. The topological polar surface area (TPSA) is 68.5 Å². The Labute approximate surface area is 140 Å². The molecule has 1 N–H and O–H groups in total. The van der Waals surface area contributed by atoms with Crippen LogP contribution in [0.4, 0.5) is 0 Å². The van der Waals surface area contributed by atoms with Crippen LogP contribution in [0.3, 0.4) is 0 Å². The summed E-state index contributed by atoms with van der Waals surface area (Å²) in [6.45, 7) is 0.901. The second-order valence-electron chi connectivity index (χ2n) is 5.73. The highest BCUT2D eigenvalue weighted by Gasteiger charge is 2.39. The van der Waals surface area contributed by atoms with Crippen molar-refractivity contribution in [2.45, 2.75) is 23.9 Å². The normalized spacial score (nSPS) is 21.7. The highest BCUT2D eigenvalue weighted by Crippen LogP contribution is 2.50. The predicted octanol–water partition coefficient (Wildman–Crippen LogP) is 2.63. The summed E-state index contributed by atoms with van der Waals surface area (Å²) in [6.07, 6.45) is -0.0303. The van der Waals surface area contributed by atoms with E-state index in [0.29, 0.717) is 12.5 Å². The summed E-state index contributed by atoms with van der Waals surface area (Å²) in [7, 11) is 0. The van der Waals surface area contributed by atoms with Crippen LogP contribution in [0.5, 0.6) is 5.75 Å². The van der Waals surface area contributed by atoms with Crippen LogP contribution in [0.1, 0.15) is 22.8 Å². The van der Waals surface area contributed by atoms with Gasteiger partial charge in [0.1, 0.15) is 5.75 Å². The molecule has 5 nitrogen and oxygen atoms in total. The summed E-state index contributed by atoms with van der Waals surface area (Å²) in [4.78, 5) is 24.2. The van der Waals surface area contributed by atoms with Gasteiger partial charge in [-0.25, -0.2) is 0 Å². The lowest BCUT2D eigenvalue weighted by Crippen LogP contribution is -2.31. The van der Waals surface area contributed by atoms with E-state index in [1.54, 1.807) is 16.3 Å². The molecule has 3 heterocycles. The maximum atomic E-state index is 12.3. The molecule has 0 unspecified atom stereocenters. The van der Waals surface area contributed by atoms with Crippen molar-refractivity contribution in [3.63, 3.8) is 0 Å². The number of carboxylic acid groups (broad SMARTS) is 1. The van der Waals surface area contributed by atoms with E-state index in [4.69, 9.17) is 9.84 Å². The molecule has 0 fully saturated rings. The molecule has 4 rings (SSSR count). The smallest absolute Gasteiger partial charge is 0.308 e. The number of thioether (sulfide) groups is 1. The van der Waals surface area contributed by atoms with Gasteiger partial charge in [0.15, 0.2) is 0 Å². The third kappa shape index (κ3) is 2.48. The van der Waals surface area contributed by atoms with Gasteiger partial charge in [0.25, 0.3) is 0 Å². The number of aromatic nitrogens is 1. The molecule has 2 aromatic rings. The van der Waals surface area contributed by atoms with E-state index < -0.39 is 5.97 Å². The Morgan fingerprint density at radius 2 is 2.22 bits per heavy atom. The quantitative estimate of drug-likeness (QED) is 0.922. The maximum absolute atomic E-state index is 12.3. The minimum absolute atomic E-state index is 0.0303. The molecule has 120 valence electrons. The van der Waals surface area contributed by atoms with Crippen molar-refractivity contribution in [3.8, 4) is 5.75 Å². The molecular weight excluding hydrogens is 334 g/mol. The zero-order chi connectivity index (χ0) is 16.0. The Balaban J connectivity index is 1.79. The van der Waals surface area contributed by atoms with Crippen molar-refractivity contribution in [1.29, 1.82) is 0 Å².